The average Bonchev–Trinajstić information content (AvgIpc) is 2.47. The van der Waals surface area contributed by atoms with Crippen molar-refractivity contribution >= 4 is 0 Å². The summed E-state index contributed by atoms with van der Waals surface area (Å²) in [5, 5.41) is 0. The number of para-hydroxylation sites is 1. The van der Waals surface area contributed by atoms with Gasteiger partial charge in [-0.25, -0.2) is 0 Å². The number of benzene rings is 1. The van der Waals surface area contributed by atoms with Gasteiger partial charge in [0.05, 0.1) is 6.61 Å². The van der Waals surface area contributed by atoms with Crippen LogP contribution in [0.2, 0.25) is 0 Å². The molecule has 3 nitrogen and oxygen atoms in total. The van der Waals surface area contributed by atoms with Gasteiger partial charge < -0.3 is 10.5 Å². The van der Waals surface area contributed by atoms with E-state index in [0.717, 1.165) is 18.7 Å². The molecule has 19 heavy (non-hydrogen) atoms. The van der Waals surface area contributed by atoms with E-state index in [4.69, 9.17) is 10.5 Å². The van der Waals surface area contributed by atoms with Crippen LogP contribution in [0, 0.1) is 0 Å². The Bertz CT molecular complexity index is 375. The molecule has 0 aliphatic carbocycles. The highest BCUT2D eigenvalue weighted by Crippen LogP contribution is 2.33. The molecule has 0 saturated carbocycles. The van der Waals surface area contributed by atoms with Crippen molar-refractivity contribution in [3.8, 4) is 5.75 Å². The van der Waals surface area contributed by atoms with Gasteiger partial charge in [0.15, 0.2) is 0 Å². The standard InChI is InChI=1S/C16H26N2O/c1-2-19-16-9-5-4-8-14(16)15(10-11-17)18-12-6-3-7-13-18/h4-5,8-9,15H,2-3,6-7,10-13,17H2,1H3. The van der Waals surface area contributed by atoms with Crippen molar-refractivity contribution in [1.29, 1.82) is 0 Å². The minimum atomic E-state index is 0.410. The minimum absolute atomic E-state index is 0.410. The predicted octanol–water partition coefficient (Wildman–Crippen LogP) is 2.96. The van der Waals surface area contributed by atoms with Crippen LogP contribution < -0.4 is 10.5 Å². The fraction of sp³-hybridized carbons (Fsp3) is 0.625. The van der Waals surface area contributed by atoms with E-state index in [9.17, 15) is 0 Å². The Hall–Kier alpha value is -1.06. The van der Waals surface area contributed by atoms with Crippen LogP contribution in [0.5, 0.6) is 5.75 Å². The second-order valence-electron chi connectivity index (χ2n) is 5.16. The topological polar surface area (TPSA) is 38.5 Å². The lowest BCUT2D eigenvalue weighted by atomic mass is 9.98. The van der Waals surface area contributed by atoms with E-state index in [-0.39, 0.29) is 0 Å². The van der Waals surface area contributed by atoms with Gasteiger partial charge in [-0.3, -0.25) is 4.90 Å². The van der Waals surface area contributed by atoms with Gasteiger partial charge in [-0.15, -0.1) is 0 Å². The van der Waals surface area contributed by atoms with Crippen LogP contribution >= 0.6 is 0 Å². The van der Waals surface area contributed by atoms with Crippen molar-refractivity contribution in [3.05, 3.63) is 29.8 Å². The largest absolute Gasteiger partial charge is 0.494 e. The molecule has 1 saturated heterocycles. The zero-order chi connectivity index (χ0) is 13.5. The molecule has 0 aromatic heterocycles. The van der Waals surface area contributed by atoms with Crippen molar-refractivity contribution in [1.82, 2.24) is 4.90 Å². The van der Waals surface area contributed by atoms with Crippen molar-refractivity contribution in [2.24, 2.45) is 5.73 Å². The highest BCUT2D eigenvalue weighted by molar-refractivity contribution is 5.36. The smallest absolute Gasteiger partial charge is 0.124 e. The zero-order valence-corrected chi connectivity index (χ0v) is 12.0. The quantitative estimate of drug-likeness (QED) is 0.856. The fourth-order valence-electron chi connectivity index (χ4n) is 2.97. The molecule has 3 heteroatoms. The van der Waals surface area contributed by atoms with E-state index in [0.29, 0.717) is 12.6 Å². The molecule has 1 fully saturated rings. The lowest BCUT2D eigenvalue weighted by molar-refractivity contribution is 0.154. The first-order valence-electron chi connectivity index (χ1n) is 7.52. The second-order valence-corrected chi connectivity index (χ2v) is 5.16. The molecule has 0 radical (unpaired) electrons. The number of ether oxygens (including phenoxy) is 1. The summed E-state index contributed by atoms with van der Waals surface area (Å²) in [4.78, 5) is 2.58. The third kappa shape index (κ3) is 3.71. The number of hydrogen-bond acceptors (Lipinski definition) is 3. The zero-order valence-electron chi connectivity index (χ0n) is 12.0. The van der Waals surface area contributed by atoms with Crippen molar-refractivity contribution in [2.45, 2.75) is 38.6 Å². The normalized spacial score (nSPS) is 18.2. The van der Waals surface area contributed by atoms with Gasteiger partial charge in [-0.05, 0) is 51.9 Å². The molecule has 2 rings (SSSR count). The molecule has 1 aliphatic rings. The first-order chi connectivity index (χ1) is 9.36. The van der Waals surface area contributed by atoms with Crippen molar-refractivity contribution < 1.29 is 4.74 Å². The Kier molecular flexibility index (Phi) is 5.67. The summed E-state index contributed by atoms with van der Waals surface area (Å²) in [6.07, 6.45) is 4.97. The third-order valence-corrected chi connectivity index (χ3v) is 3.85. The van der Waals surface area contributed by atoms with Crippen molar-refractivity contribution in [3.63, 3.8) is 0 Å². The maximum Gasteiger partial charge on any atom is 0.124 e. The van der Waals surface area contributed by atoms with Crippen LogP contribution in [-0.4, -0.2) is 31.1 Å². The molecule has 1 heterocycles. The number of nitrogens with zero attached hydrogens (tertiary/aromatic N) is 1. The van der Waals surface area contributed by atoms with Crippen LogP contribution in [0.1, 0.15) is 44.2 Å². The Morgan fingerprint density at radius 2 is 1.95 bits per heavy atom. The second kappa shape index (κ2) is 7.51. The van der Waals surface area contributed by atoms with Crippen LogP contribution in [0.25, 0.3) is 0 Å². The highest BCUT2D eigenvalue weighted by atomic mass is 16.5. The fourth-order valence-corrected chi connectivity index (χ4v) is 2.97. The van der Waals surface area contributed by atoms with E-state index in [1.54, 1.807) is 0 Å². The molecule has 1 aromatic carbocycles. The van der Waals surface area contributed by atoms with E-state index < -0.39 is 0 Å². The summed E-state index contributed by atoms with van der Waals surface area (Å²) in [7, 11) is 0. The first-order valence-corrected chi connectivity index (χ1v) is 7.52. The van der Waals surface area contributed by atoms with E-state index in [1.807, 2.05) is 13.0 Å². The maximum atomic E-state index is 5.83. The van der Waals surface area contributed by atoms with Crippen LogP contribution in [-0.2, 0) is 0 Å². The summed E-state index contributed by atoms with van der Waals surface area (Å²) < 4.78 is 5.79. The summed E-state index contributed by atoms with van der Waals surface area (Å²) in [5.74, 6) is 1.02. The number of hydrogen-bond donors (Lipinski definition) is 1. The molecule has 1 aliphatic heterocycles. The maximum absolute atomic E-state index is 5.83. The summed E-state index contributed by atoms with van der Waals surface area (Å²) >= 11 is 0. The van der Waals surface area contributed by atoms with Gasteiger partial charge >= 0.3 is 0 Å². The Labute approximate surface area is 116 Å². The van der Waals surface area contributed by atoms with E-state index >= 15 is 0 Å². The Morgan fingerprint density at radius 3 is 2.63 bits per heavy atom. The lowest BCUT2D eigenvalue weighted by Crippen LogP contribution is -2.35. The van der Waals surface area contributed by atoms with Gasteiger partial charge in [-0.1, -0.05) is 24.6 Å². The summed E-state index contributed by atoms with van der Waals surface area (Å²) in [6, 6.07) is 8.83. The molecule has 106 valence electrons. The third-order valence-electron chi connectivity index (χ3n) is 3.85. The van der Waals surface area contributed by atoms with Crippen LogP contribution in [0.3, 0.4) is 0 Å². The van der Waals surface area contributed by atoms with Gasteiger partial charge in [0.25, 0.3) is 0 Å². The van der Waals surface area contributed by atoms with Gasteiger partial charge in [0.2, 0.25) is 0 Å². The molecule has 1 atom stereocenters. The molecule has 0 spiro atoms. The number of rotatable bonds is 6. The van der Waals surface area contributed by atoms with Crippen LogP contribution in [0.15, 0.2) is 24.3 Å². The summed E-state index contributed by atoms with van der Waals surface area (Å²) in [6.45, 7) is 5.85. The average molecular weight is 262 g/mol. The molecule has 0 amide bonds. The predicted molar refractivity (Wildman–Crippen MR) is 79.4 cm³/mol. The highest BCUT2D eigenvalue weighted by Gasteiger charge is 2.23. The minimum Gasteiger partial charge on any atom is -0.494 e. The molecular formula is C16H26N2O. The Balaban J connectivity index is 2.21. The number of likely N-dealkylation sites (tertiary alicyclic amines) is 1. The molecule has 0 bridgehead atoms. The Morgan fingerprint density at radius 1 is 1.21 bits per heavy atom. The molecule has 1 unspecified atom stereocenters. The van der Waals surface area contributed by atoms with Crippen molar-refractivity contribution in [2.75, 3.05) is 26.2 Å². The van der Waals surface area contributed by atoms with Gasteiger partial charge in [0.1, 0.15) is 5.75 Å². The lowest BCUT2D eigenvalue weighted by Gasteiger charge is -2.35. The number of nitrogens with two attached hydrogens (primary N) is 1. The SMILES string of the molecule is CCOc1ccccc1C(CCN)N1CCCCC1. The van der Waals surface area contributed by atoms with Gasteiger partial charge in [0, 0.05) is 11.6 Å². The summed E-state index contributed by atoms with van der Waals surface area (Å²) in [5.41, 5.74) is 7.13. The first kappa shape index (κ1) is 14.4. The van der Waals surface area contributed by atoms with E-state index in [2.05, 4.69) is 23.1 Å². The molecular weight excluding hydrogens is 236 g/mol. The van der Waals surface area contributed by atoms with Gasteiger partial charge in [-0.2, -0.15) is 0 Å². The molecule has 2 N–H and O–H groups in total. The van der Waals surface area contributed by atoms with Crippen LogP contribution in [0.4, 0.5) is 0 Å². The van der Waals surface area contributed by atoms with E-state index in [1.165, 1.54) is 37.9 Å². The monoisotopic (exact) mass is 262 g/mol. The number of piperidine rings is 1. The molecule has 1 aromatic rings.